The Morgan fingerprint density at radius 3 is 2.52 bits per heavy atom. The van der Waals surface area contributed by atoms with E-state index in [1.54, 1.807) is 24.3 Å². The molecule has 5 nitrogen and oxygen atoms in total. The summed E-state index contributed by atoms with van der Waals surface area (Å²) in [6, 6.07) is 10.6. The van der Waals surface area contributed by atoms with Gasteiger partial charge in [0.2, 0.25) is 0 Å². The summed E-state index contributed by atoms with van der Waals surface area (Å²) in [5.41, 5.74) is 0.736. The molecule has 23 heavy (non-hydrogen) atoms. The number of rotatable bonds is 4. The quantitative estimate of drug-likeness (QED) is 0.934. The first-order valence-electron chi connectivity index (χ1n) is 6.91. The molecule has 1 N–H and O–H groups in total. The number of alkyl halides is 2. The Hall–Kier alpha value is -2.83. The van der Waals surface area contributed by atoms with Crippen LogP contribution in [-0.2, 0) is 0 Å². The summed E-state index contributed by atoms with van der Waals surface area (Å²) < 4.78 is 39.8. The third-order valence-electron chi connectivity index (χ3n) is 3.09. The number of carbonyl (C=O) groups excluding carboxylic acids is 1. The van der Waals surface area contributed by atoms with Crippen molar-refractivity contribution in [2.24, 2.45) is 0 Å². The van der Waals surface area contributed by atoms with Crippen molar-refractivity contribution in [2.75, 3.05) is 11.9 Å². The molecule has 1 aliphatic heterocycles. The first-order chi connectivity index (χ1) is 11.0. The number of fused-ring (bicyclic) bond motifs is 1. The number of nitrogens with one attached hydrogen (secondary N) is 1. The van der Waals surface area contributed by atoms with Crippen molar-refractivity contribution >= 4 is 11.6 Å². The molecule has 0 aliphatic carbocycles. The van der Waals surface area contributed by atoms with E-state index in [2.05, 4.69) is 14.8 Å². The smallest absolute Gasteiger partial charge is 0.494 e. The zero-order valence-corrected chi connectivity index (χ0v) is 12.1. The Bertz CT molecular complexity index is 731. The molecule has 2 aromatic carbocycles. The first-order valence-corrected chi connectivity index (χ1v) is 6.91. The minimum atomic E-state index is -3.68. The van der Waals surface area contributed by atoms with Gasteiger partial charge in [-0.15, -0.1) is 8.78 Å². The fourth-order valence-corrected chi connectivity index (χ4v) is 2.10. The van der Waals surface area contributed by atoms with E-state index in [1.807, 2.05) is 6.92 Å². The fraction of sp³-hybridized carbons (Fsp3) is 0.188. The highest BCUT2D eigenvalue weighted by atomic mass is 19.3. The summed E-state index contributed by atoms with van der Waals surface area (Å²) in [6.45, 7) is 2.40. The van der Waals surface area contributed by atoms with Gasteiger partial charge in [0, 0.05) is 17.3 Å². The average Bonchev–Trinajstić information content (AvgIpc) is 2.81. The minimum Gasteiger partial charge on any atom is -0.494 e. The van der Waals surface area contributed by atoms with Crippen molar-refractivity contribution in [1.82, 2.24) is 0 Å². The predicted octanol–water partition coefficient (Wildman–Crippen LogP) is 3.66. The Morgan fingerprint density at radius 1 is 1.13 bits per heavy atom. The third-order valence-corrected chi connectivity index (χ3v) is 3.09. The van der Waals surface area contributed by atoms with E-state index in [0.29, 0.717) is 23.6 Å². The van der Waals surface area contributed by atoms with Gasteiger partial charge in [-0.05, 0) is 43.3 Å². The van der Waals surface area contributed by atoms with Gasteiger partial charge in [0.15, 0.2) is 11.5 Å². The highest BCUT2D eigenvalue weighted by Crippen LogP contribution is 2.42. The van der Waals surface area contributed by atoms with Gasteiger partial charge in [0.05, 0.1) is 6.61 Å². The highest BCUT2D eigenvalue weighted by Gasteiger charge is 2.43. The molecule has 0 bridgehead atoms. The van der Waals surface area contributed by atoms with Crippen molar-refractivity contribution in [1.29, 1.82) is 0 Å². The lowest BCUT2D eigenvalue weighted by Gasteiger charge is -2.07. The third kappa shape index (κ3) is 3.33. The van der Waals surface area contributed by atoms with E-state index in [1.165, 1.54) is 18.2 Å². The normalized spacial score (nSPS) is 14.4. The van der Waals surface area contributed by atoms with Crippen molar-refractivity contribution in [3.05, 3.63) is 48.0 Å². The molecule has 120 valence electrons. The number of ether oxygens (including phenoxy) is 3. The zero-order chi connectivity index (χ0) is 16.4. The number of carbonyl (C=O) groups is 1. The number of anilines is 1. The van der Waals surface area contributed by atoms with Gasteiger partial charge in [-0.2, -0.15) is 0 Å². The number of halogens is 2. The maximum atomic E-state index is 13.0. The summed E-state index contributed by atoms with van der Waals surface area (Å²) >= 11 is 0. The molecule has 1 aliphatic rings. The Balaban J connectivity index is 1.71. The maximum Gasteiger partial charge on any atom is 0.586 e. The van der Waals surface area contributed by atoms with Gasteiger partial charge in [-0.1, -0.05) is 0 Å². The molecule has 0 saturated heterocycles. The van der Waals surface area contributed by atoms with E-state index in [0.717, 1.165) is 0 Å². The molecule has 0 spiro atoms. The van der Waals surface area contributed by atoms with Crippen molar-refractivity contribution in [3.63, 3.8) is 0 Å². The van der Waals surface area contributed by atoms with Crippen molar-refractivity contribution < 1.29 is 27.8 Å². The van der Waals surface area contributed by atoms with Crippen LogP contribution >= 0.6 is 0 Å². The fourth-order valence-electron chi connectivity index (χ4n) is 2.10. The molecular formula is C16H13F2NO4. The van der Waals surface area contributed by atoms with Crippen molar-refractivity contribution in [2.45, 2.75) is 13.2 Å². The van der Waals surface area contributed by atoms with E-state index in [4.69, 9.17) is 4.74 Å². The largest absolute Gasteiger partial charge is 0.586 e. The van der Waals surface area contributed by atoms with Gasteiger partial charge < -0.3 is 19.5 Å². The SMILES string of the molecule is CCOc1ccc(C(=O)Nc2ccc3c(c2)OC(F)(F)O3)cc1. The monoisotopic (exact) mass is 321 g/mol. The van der Waals surface area contributed by atoms with Crippen LogP contribution in [0.2, 0.25) is 0 Å². The van der Waals surface area contributed by atoms with Crippen LogP contribution in [-0.4, -0.2) is 18.8 Å². The lowest BCUT2D eigenvalue weighted by Crippen LogP contribution is -2.25. The van der Waals surface area contributed by atoms with Crippen LogP contribution < -0.4 is 19.5 Å². The lowest BCUT2D eigenvalue weighted by molar-refractivity contribution is -0.286. The summed E-state index contributed by atoms with van der Waals surface area (Å²) in [7, 11) is 0. The second kappa shape index (κ2) is 5.75. The zero-order valence-electron chi connectivity index (χ0n) is 12.1. The molecule has 0 unspecified atom stereocenters. The van der Waals surface area contributed by atoms with E-state index < -0.39 is 6.29 Å². The number of hydrogen-bond donors (Lipinski definition) is 1. The summed E-state index contributed by atoms with van der Waals surface area (Å²) in [4.78, 5) is 12.1. The van der Waals surface area contributed by atoms with Crippen LogP contribution in [0, 0.1) is 0 Å². The molecule has 0 aromatic heterocycles. The molecule has 0 saturated carbocycles. The lowest BCUT2D eigenvalue weighted by atomic mass is 10.2. The topological polar surface area (TPSA) is 56.8 Å². The van der Waals surface area contributed by atoms with E-state index in [-0.39, 0.29) is 17.4 Å². The van der Waals surface area contributed by atoms with Gasteiger partial charge in [-0.25, -0.2) is 0 Å². The second-order valence-electron chi connectivity index (χ2n) is 4.74. The van der Waals surface area contributed by atoms with Crippen LogP contribution in [0.5, 0.6) is 17.2 Å². The summed E-state index contributed by atoms with van der Waals surface area (Å²) in [5.74, 6) is 0.0848. The van der Waals surface area contributed by atoms with Gasteiger partial charge in [0.1, 0.15) is 5.75 Å². The molecule has 3 rings (SSSR count). The van der Waals surface area contributed by atoms with Crippen LogP contribution in [0.1, 0.15) is 17.3 Å². The maximum absolute atomic E-state index is 13.0. The van der Waals surface area contributed by atoms with Gasteiger partial charge in [-0.3, -0.25) is 4.79 Å². The average molecular weight is 321 g/mol. The second-order valence-corrected chi connectivity index (χ2v) is 4.74. The number of benzene rings is 2. The Kier molecular flexibility index (Phi) is 3.77. The van der Waals surface area contributed by atoms with Crippen molar-refractivity contribution in [3.8, 4) is 17.2 Å². The molecule has 1 amide bonds. The van der Waals surface area contributed by atoms with Crippen LogP contribution in [0.3, 0.4) is 0 Å². The molecule has 2 aromatic rings. The van der Waals surface area contributed by atoms with E-state index >= 15 is 0 Å². The molecule has 0 radical (unpaired) electrons. The van der Waals surface area contributed by atoms with Gasteiger partial charge >= 0.3 is 6.29 Å². The Morgan fingerprint density at radius 2 is 1.83 bits per heavy atom. The van der Waals surface area contributed by atoms with Crippen LogP contribution in [0.25, 0.3) is 0 Å². The van der Waals surface area contributed by atoms with Crippen LogP contribution in [0.15, 0.2) is 42.5 Å². The number of amides is 1. The molecule has 7 heteroatoms. The first kappa shape index (κ1) is 15.1. The summed E-state index contributed by atoms with van der Waals surface area (Å²) in [5, 5.41) is 2.61. The predicted molar refractivity (Wildman–Crippen MR) is 78.2 cm³/mol. The minimum absolute atomic E-state index is 0.0749. The molecule has 0 fully saturated rings. The molecule has 1 heterocycles. The highest BCUT2D eigenvalue weighted by molar-refractivity contribution is 6.04. The molecular weight excluding hydrogens is 308 g/mol. The van der Waals surface area contributed by atoms with Crippen LogP contribution in [0.4, 0.5) is 14.5 Å². The summed E-state index contributed by atoms with van der Waals surface area (Å²) in [6.07, 6.45) is -3.68. The standard InChI is InChI=1S/C16H13F2NO4/c1-2-21-12-6-3-10(4-7-12)15(20)19-11-5-8-13-14(9-11)23-16(17,18)22-13/h3-9H,2H2,1H3,(H,19,20). The molecule has 0 atom stereocenters. The Labute approximate surface area is 130 Å². The van der Waals surface area contributed by atoms with E-state index in [9.17, 15) is 13.6 Å². The van der Waals surface area contributed by atoms with Gasteiger partial charge in [0.25, 0.3) is 5.91 Å². The number of hydrogen-bond acceptors (Lipinski definition) is 4.